The average molecular weight is 170 g/mol. The zero-order chi connectivity index (χ0) is 9.56. The predicted octanol–water partition coefficient (Wildman–Crippen LogP) is 0.462. The van der Waals surface area contributed by atoms with Crippen molar-refractivity contribution in [2.24, 2.45) is 0 Å². The Morgan fingerprint density at radius 3 is 2.25 bits per heavy atom. The maximum atomic E-state index is 10.4. The van der Waals surface area contributed by atoms with Crippen molar-refractivity contribution in [3.63, 3.8) is 0 Å². The highest BCUT2D eigenvalue weighted by Gasteiger charge is 1.99. The molecule has 4 nitrogen and oxygen atoms in total. The summed E-state index contributed by atoms with van der Waals surface area (Å²) < 4.78 is 8.93. The zero-order valence-electron chi connectivity index (χ0n) is 7.21. The first-order valence-corrected chi connectivity index (χ1v) is 3.37. The largest absolute Gasteiger partial charge is 0.450 e. The van der Waals surface area contributed by atoms with E-state index in [2.05, 4.69) is 21.5 Å². The van der Waals surface area contributed by atoms with Crippen LogP contribution in [-0.4, -0.2) is 18.0 Å². The van der Waals surface area contributed by atoms with Crippen LogP contribution in [0.15, 0.2) is 0 Å². The summed E-state index contributed by atoms with van der Waals surface area (Å²) in [6.07, 6.45) is 1.56. The average Bonchev–Trinajstić information content (AvgIpc) is 1.84. The summed E-state index contributed by atoms with van der Waals surface area (Å²) in [5.74, 6) is 1.50. The van der Waals surface area contributed by atoms with Gasteiger partial charge < -0.3 is 9.47 Å². The molecular weight excluding hydrogens is 160 g/mol. The van der Waals surface area contributed by atoms with Gasteiger partial charge in [-0.15, -0.1) is 0 Å². The Morgan fingerprint density at radius 1 is 1.25 bits per heavy atom. The molecule has 0 spiro atoms. The molecule has 0 aliphatic rings. The molecule has 0 heterocycles. The van der Waals surface area contributed by atoms with E-state index in [9.17, 15) is 9.59 Å². The van der Waals surface area contributed by atoms with Gasteiger partial charge in [0.25, 0.3) is 0 Å². The lowest BCUT2D eigenvalue weighted by molar-refractivity contribution is -0.143. The molecule has 0 radical (unpaired) electrons. The first kappa shape index (κ1) is 10.5. The van der Waals surface area contributed by atoms with Crippen LogP contribution in [0, 0.1) is 12.0 Å². The number of carbonyl (C=O) groups is 2. The maximum Gasteiger partial charge on any atom is 0.316 e. The Balaban J connectivity index is 3.79. The maximum absolute atomic E-state index is 10.4. The molecule has 0 bridgehead atoms. The van der Waals surface area contributed by atoms with Crippen LogP contribution in [0.2, 0.25) is 0 Å². The van der Waals surface area contributed by atoms with Crippen LogP contribution in [0.3, 0.4) is 0 Å². The van der Waals surface area contributed by atoms with Gasteiger partial charge >= 0.3 is 11.9 Å². The molecule has 0 fully saturated rings. The lowest BCUT2D eigenvalue weighted by atomic mass is 10.4. The Bertz CT molecular complexity index is 233. The summed E-state index contributed by atoms with van der Waals surface area (Å²) in [5, 5.41) is 0. The van der Waals surface area contributed by atoms with Gasteiger partial charge in [0.05, 0.1) is 0 Å². The second-order valence-electron chi connectivity index (χ2n) is 2.09. The lowest BCUT2D eigenvalue weighted by Gasteiger charge is -2.01. The van der Waals surface area contributed by atoms with Gasteiger partial charge in [0.1, 0.15) is 6.11 Å². The molecule has 1 unspecified atom stereocenters. The summed E-state index contributed by atoms with van der Waals surface area (Å²) in [6.45, 7) is 4.10. The molecule has 4 heteroatoms. The van der Waals surface area contributed by atoms with Crippen molar-refractivity contribution < 1.29 is 19.1 Å². The Kier molecular flexibility index (Phi) is 4.54. The van der Waals surface area contributed by atoms with Crippen LogP contribution in [0.25, 0.3) is 0 Å². The quantitative estimate of drug-likeness (QED) is 0.424. The van der Waals surface area contributed by atoms with Crippen LogP contribution in [0.5, 0.6) is 0 Å². The van der Waals surface area contributed by atoms with E-state index in [1.807, 2.05) is 0 Å². The van der Waals surface area contributed by atoms with Crippen LogP contribution >= 0.6 is 0 Å². The van der Waals surface area contributed by atoms with Gasteiger partial charge in [-0.3, -0.25) is 9.59 Å². The summed E-state index contributed by atoms with van der Waals surface area (Å²) in [7, 11) is 0. The molecule has 0 amide bonds. The van der Waals surface area contributed by atoms with Gasteiger partial charge in [0, 0.05) is 13.8 Å². The van der Waals surface area contributed by atoms with Crippen molar-refractivity contribution >= 4 is 11.9 Å². The molecule has 0 aromatic heterocycles. The van der Waals surface area contributed by atoms with Crippen molar-refractivity contribution in [3.05, 3.63) is 0 Å². The molecule has 0 aromatic carbocycles. The van der Waals surface area contributed by atoms with Gasteiger partial charge in [-0.25, -0.2) is 0 Å². The fourth-order valence-corrected chi connectivity index (χ4v) is 0.463. The molecule has 66 valence electrons. The fraction of sp³-hybridized carbons (Fsp3) is 0.500. The van der Waals surface area contributed by atoms with E-state index < -0.39 is 18.0 Å². The molecule has 0 saturated carbocycles. The molecule has 0 N–H and O–H groups in total. The highest BCUT2D eigenvalue weighted by atomic mass is 16.5. The topological polar surface area (TPSA) is 52.6 Å². The minimum atomic E-state index is -0.554. The molecule has 0 rings (SSSR count). The highest BCUT2D eigenvalue weighted by molar-refractivity contribution is 5.67. The van der Waals surface area contributed by atoms with E-state index >= 15 is 0 Å². The zero-order valence-corrected chi connectivity index (χ0v) is 7.21. The number of hydrogen-bond donors (Lipinski definition) is 0. The molecule has 0 aromatic rings. The van der Waals surface area contributed by atoms with Crippen LogP contribution in [0.4, 0.5) is 0 Å². The van der Waals surface area contributed by atoms with Gasteiger partial charge in [-0.2, -0.15) is 0 Å². The van der Waals surface area contributed by atoms with Gasteiger partial charge in [-0.1, -0.05) is 0 Å². The van der Waals surface area contributed by atoms with E-state index in [1.165, 1.54) is 13.8 Å². The minimum absolute atomic E-state index is 0.417. The number of hydrogen-bond acceptors (Lipinski definition) is 4. The second kappa shape index (κ2) is 5.19. The van der Waals surface area contributed by atoms with Crippen molar-refractivity contribution in [3.8, 4) is 12.0 Å². The Hall–Kier alpha value is -1.50. The standard InChI is InChI=1S/C8H10O4/c1-6(12-8(3)10)4-5-11-7(2)9/h6H,1-3H3. The Labute approximate surface area is 70.8 Å². The molecule has 0 aliphatic carbocycles. The van der Waals surface area contributed by atoms with Crippen LogP contribution in [0.1, 0.15) is 20.8 Å². The smallest absolute Gasteiger partial charge is 0.316 e. The van der Waals surface area contributed by atoms with Gasteiger partial charge in [-0.05, 0) is 12.8 Å². The summed E-state index contributed by atoms with van der Waals surface area (Å²) in [5.41, 5.74) is 0. The van der Waals surface area contributed by atoms with Crippen molar-refractivity contribution in [2.45, 2.75) is 26.9 Å². The molecule has 1 atom stereocenters. The number of ether oxygens (including phenoxy) is 2. The van der Waals surface area contributed by atoms with Crippen LogP contribution < -0.4 is 0 Å². The summed E-state index contributed by atoms with van der Waals surface area (Å²) in [6, 6.07) is 0. The third-order valence-electron chi connectivity index (χ3n) is 0.800. The summed E-state index contributed by atoms with van der Waals surface area (Å²) in [4.78, 5) is 20.6. The van der Waals surface area contributed by atoms with E-state index in [1.54, 1.807) is 6.92 Å². The predicted molar refractivity (Wildman–Crippen MR) is 40.8 cm³/mol. The molecule has 12 heavy (non-hydrogen) atoms. The molecular formula is C8H10O4. The lowest BCUT2D eigenvalue weighted by Crippen LogP contribution is -2.09. The van der Waals surface area contributed by atoms with Crippen molar-refractivity contribution in [1.29, 1.82) is 0 Å². The highest BCUT2D eigenvalue weighted by Crippen LogP contribution is 1.88. The molecule has 0 saturated heterocycles. The minimum Gasteiger partial charge on any atom is -0.450 e. The van der Waals surface area contributed by atoms with Crippen LogP contribution in [-0.2, 0) is 19.1 Å². The van der Waals surface area contributed by atoms with Gasteiger partial charge in [0.2, 0.25) is 0 Å². The third kappa shape index (κ3) is 6.62. The van der Waals surface area contributed by atoms with E-state index in [-0.39, 0.29) is 0 Å². The van der Waals surface area contributed by atoms with E-state index in [0.29, 0.717) is 0 Å². The van der Waals surface area contributed by atoms with E-state index in [0.717, 1.165) is 0 Å². The number of esters is 2. The number of carbonyl (C=O) groups excluding carboxylic acids is 2. The van der Waals surface area contributed by atoms with Crippen molar-refractivity contribution in [1.82, 2.24) is 0 Å². The fourth-order valence-electron chi connectivity index (χ4n) is 0.463. The third-order valence-corrected chi connectivity index (χ3v) is 0.800. The second-order valence-corrected chi connectivity index (χ2v) is 2.09. The summed E-state index contributed by atoms with van der Waals surface area (Å²) >= 11 is 0. The Morgan fingerprint density at radius 2 is 1.83 bits per heavy atom. The van der Waals surface area contributed by atoms with Crippen molar-refractivity contribution in [2.75, 3.05) is 0 Å². The normalized spacial score (nSPS) is 10.6. The van der Waals surface area contributed by atoms with Gasteiger partial charge in [0.15, 0.2) is 6.10 Å². The SMILES string of the molecule is CC(=O)OC#CC(C)OC(C)=O. The first-order valence-electron chi connectivity index (χ1n) is 3.37. The monoisotopic (exact) mass is 170 g/mol. The van der Waals surface area contributed by atoms with E-state index in [4.69, 9.17) is 0 Å². The number of rotatable bonds is 1. The molecule has 0 aliphatic heterocycles. The first-order chi connectivity index (χ1) is 5.52.